The van der Waals surface area contributed by atoms with E-state index in [1.807, 2.05) is 31.4 Å². The van der Waals surface area contributed by atoms with Crippen molar-refractivity contribution in [1.82, 2.24) is 19.4 Å². The van der Waals surface area contributed by atoms with Gasteiger partial charge in [-0.05, 0) is 63.2 Å². The maximum Gasteiger partial charge on any atom is 0.141 e. The molecule has 4 rings (SSSR count). The van der Waals surface area contributed by atoms with Crippen LogP contribution < -0.4 is 4.90 Å². The van der Waals surface area contributed by atoms with E-state index in [9.17, 15) is 0 Å². The van der Waals surface area contributed by atoms with Crippen molar-refractivity contribution in [1.29, 1.82) is 0 Å². The highest BCUT2D eigenvalue weighted by atomic mass is 15.2. The second-order valence-electron chi connectivity index (χ2n) is 8.03. The van der Waals surface area contributed by atoms with E-state index in [1.54, 1.807) is 0 Å². The smallest absolute Gasteiger partial charge is 0.141 e. The molecule has 0 N–H and O–H groups in total. The lowest BCUT2D eigenvalue weighted by Gasteiger charge is -2.44. The number of piperidine rings is 2. The molecular formula is C21H31N5. The molecule has 0 saturated carbocycles. The zero-order valence-electron chi connectivity index (χ0n) is 16.1. The minimum absolute atomic E-state index is 0.825. The van der Waals surface area contributed by atoms with Crippen molar-refractivity contribution < 1.29 is 0 Å². The Morgan fingerprint density at radius 1 is 1.08 bits per heavy atom. The molecule has 2 aromatic rings. The number of hydrogen-bond acceptors (Lipinski definition) is 4. The molecule has 0 aromatic carbocycles. The van der Waals surface area contributed by atoms with Gasteiger partial charge in [-0.2, -0.15) is 0 Å². The van der Waals surface area contributed by atoms with Crippen molar-refractivity contribution in [2.75, 3.05) is 32.1 Å². The summed E-state index contributed by atoms with van der Waals surface area (Å²) in [6.45, 7) is 3.70. The molecule has 2 atom stereocenters. The summed E-state index contributed by atoms with van der Waals surface area (Å²) >= 11 is 0. The summed E-state index contributed by atoms with van der Waals surface area (Å²) in [6.07, 6.45) is 14.2. The average Bonchev–Trinajstić information content (AvgIpc) is 3.15. The molecule has 2 aliphatic heterocycles. The second-order valence-corrected chi connectivity index (χ2v) is 8.03. The van der Waals surface area contributed by atoms with Crippen LogP contribution in [0.15, 0.2) is 30.7 Å². The number of anilines is 1. The Balaban J connectivity index is 1.44. The number of rotatable bonds is 5. The van der Waals surface area contributed by atoms with Gasteiger partial charge in [0.1, 0.15) is 11.6 Å². The minimum atomic E-state index is 0.825. The molecule has 5 heteroatoms. The van der Waals surface area contributed by atoms with E-state index in [4.69, 9.17) is 0 Å². The van der Waals surface area contributed by atoms with E-state index in [0.29, 0.717) is 0 Å². The molecule has 0 bridgehead atoms. The highest BCUT2D eigenvalue weighted by Gasteiger charge is 2.32. The van der Waals surface area contributed by atoms with E-state index in [0.717, 1.165) is 35.7 Å². The highest BCUT2D eigenvalue weighted by Crippen LogP contribution is 2.33. The Labute approximate surface area is 157 Å². The zero-order valence-corrected chi connectivity index (χ0v) is 16.1. The first-order valence-corrected chi connectivity index (χ1v) is 10.1. The van der Waals surface area contributed by atoms with Gasteiger partial charge in [-0.15, -0.1) is 0 Å². The Hall–Kier alpha value is -1.88. The number of aromatic nitrogens is 3. The molecule has 0 radical (unpaired) electrons. The van der Waals surface area contributed by atoms with Gasteiger partial charge in [-0.3, -0.25) is 0 Å². The van der Waals surface area contributed by atoms with Gasteiger partial charge < -0.3 is 14.4 Å². The third-order valence-electron chi connectivity index (χ3n) is 6.15. The molecule has 2 aromatic heterocycles. The van der Waals surface area contributed by atoms with E-state index < -0.39 is 0 Å². The quantitative estimate of drug-likeness (QED) is 0.822. The van der Waals surface area contributed by atoms with Gasteiger partial charge in [0.25, 0.3) is 0 Å². The lowest BCUT2D eigenvalue weighted by molar-refractivity contribution is 0.0539. The fourth-order valence-corrected chi connectivity index (χ4v) is 4.75. The van der Waals surface area contributed by atoms with E-state index in [-0.39, 0.29) is 0 Å². The van der Waals surface area contributed by atoms with Crippen molar-refractivity contribution >= 4 is 5.82 Å². The second kappa shape index (κ2) is 7.78. The van der Waals surface area contributed by atoms with E-state index in [2.05, 4.69) is 37.8 Å². The van der Waals surface area contributed by atoms with Crippen LogP contribution in [0, 0.1) is 5.92 Å². The first kappa shape index (κ1) is 17.5. The molecule has 2 fully saturated rings. The number of imidazole rings is 1. The summed E-state index contributed by atoms with van der Waals surface area (Å²) < 4.78 is 2.31. The number of fused-ring (bicyclic) bond motifs is 1. The first-order chi connectivity index (χ1) is 12.7. The fraction of sp³-hybridized carbons (Fsp3) is 0.619. The third kappa shape index (κ3) is 3.63. The van der Waals surface area contributed by atoms with Gasteiger partial charge in [0.2, 0.25) is 0 Å². The van der Waals surface area contributed by atoms with Crippen LogP contribution >= 0.6 is 0 Å². The van der Waals surface area contributed by atoms with Gasteiger partial charge >= 0.3 is 0 Å². The van der Waals surface area contributed by atoms with Crippen molar-refractivity contribution in [3.8, 4) is 11.4 Å². The molecule has 2 saturated heterocycles. The Morgan fingerprint density at radius 2 is 1.96 bits per heavy atom. The fourth-order valence-electron chi connectivity index (χ4n) is 4.75. The Morgan fingerprint density at radius 3 is 2.77 bits per heavy atom. The van der Waals surface area contributed by atoms with Crippen molar-refractivity contribution in [2.45, 2.75) is 51.1 Å². The molecule has 5 nitrogen and oxygen atoms in total. The van der Waals surface area contributed by atoms with Crippen LogP contribution in [0.25, 0.3) is 11.4 Å². The predicted octanol–water partition coefficient (Wildman–Crippen LogP) is 3.67. The maximum absolute atomic E-state index is 4.61. The lowest BCUT2D eigenvalue weighted by atomic mass is 9.81. The average molecular weight is 354 g/mol. The van der Waals surface area contributed by atoms with Crippen LogP contribution in [0.3, 0.4) is 0 Å². The molecule has 2 aliphatic rings. The van der Waals surface area contributed by atoms with E-state index >= 15 is 0 Å². The van der Waals surface area contributed by atoms with Gasteiger partial charge in [0, 0.05) is 50.8 Å². The standard InChI is InChI=1S/C21H31N5/c1-24(2)20-9-8-18(16-23-20)21-22-11-15-26(21)14-10-17-6-5-13-25-12-4-3-7-19(17)25/h8-9,11,15-17,19H,3-7,10,12-14H2,1-2H3/t17-,19+/m0/s1. The van der Waals surface area contributed by atoms with E-state index in [1.165, 1.54) is 51.6 Å². The number of aryl methyl sites for hydroxylation is 1. The van der Waals surface area contributed by atoms with Crippen molar-refractivity contribution in [2.24, 2.45) is 5.92 Å². The third-order valence-corrected chi connectivity index (χ3v) is 6.15. The Bertz CT molecular complexity index is 703. The summed E-state index contributed by atoms with van der Waals surface area (Å²) in [7, 11) is 4.03. The van der Waals surface area contributed by atoms with Crippen LogP contribution in [0.1, 0.15) is 38.5 Å². The van der Waals surface area contributed by atoms with Crippen molar-refractivity contribution in [3.05, 3.63) is 30.7 Å². The van der Waals surface area contributed by atoms with Gasteiger partial charge in [0.15, 0.2) is 0 Å². The molecule has 26 heavy (non-hydrogen) atoms. The summed E-state index contributed by atoms with van der Waals surface area (Å²) in [4.78, 5) is 13.9. The summed E-state index contributed by atoms with van der Waals surface area (Å²) in [5.74, 6) is 2.86. The summed E-state index contributed by atoms with van der Waals surface area (Å²) in [6, 6.07) is 5.02. The van der Waals surface area contributed by atoms with Crippen LogP contribution in [-0.2, 0) is 6.54 Å². The SMILES string of the molecule is CN(C)c1ccc(-c2nccn2CC[C@@H]2CCCN3CCCC[C@H]23)cn1. The minimum Gasteiger partial charge on any atom is -0.363 e. The number of pyridine rings is 1. The lowest BCUT2D eigenvalue weighted by Crippen LogP contribution is -2.48. The first-order valence-electron chi connectivity index (χ1n) is 10.1. The summed E-state index contributed by atoms with van der Waals surface area (Å²) in [5.41, 5.74) is 1.10. The molecule has 0 amide bonds. The highest BCUT2D eigenvalue weighted by molar-refractivity contribution is 5.56. The van der Waals surface area contributed by atoms with Crippen LogP contribution in [0.5, 0.6) is 0 Å². The molecule has 140 valence electrons. The van der Waals surface area contributed by atoms with Crippen molar-refractivity contribution in [3.63, 3.8) is 0 Å². The summed E-state index contributed by atoms with van der Waals surface area (Å²) in [5, 5.41) is 0. The normalized spacial score (nSPS) is 23.6. The predicted molar refractivity (Wildman–Crippen MR) is 106 cm³/mol. The molecule has 0 aliphatic carbocycles. The molecule has 0 spiro atoms. The molecular weight excluding hydrogens is 322 g/mol. The number of hydrogen-bond donors (Lipinski definition) is 0. The van der Waals surface area contributed by atoms with Crippen LogP contribution in [-0.4, -0.2) is 52.7 Å². The molecule has 0 unspecified atom stereocenters. The maximum atomic E-state index is 4.61. The van der Waals surface area contributed by atoms with Gasteiger partial charge in [-0.25, -0.2) is 9.97 Å². The number of nitrogens with zero attached hydrogens (tertiary/aromatic N) is 5. The molecule has 4 heterocycles. The largest absolute Gasteiger partial charge is 0.363 e. The van der Waals surface area contributed by atoms with Gasteiger partial charge in [-0.1, -0.05) is 6.42 Å². The van der Waals surface area contributed by atoms with Crippen LogP contribution in [0.4, 0.5) is 5.82 Å². The Kier molecular flexibility index (Phi) is 5.25. The topological polar surface area (TPSA) is 37.2 Å². The monoisotopic (exact) mass is 353 g/mol. The van der Waals surface area contributed by atoms with Gasteiger partial charge in [0.05, 0.1) is 0 Å². The zero-order chi connectivity index (χ0) is 17.9. The van der Waals surface area contributed by atoms with Crippen LogP contribution in [0.2, 0.25) is 0 Å².